The first kappa shape index (κ1) is 23.5. The fraction of sp³-hybridized carbons (Fsp3) is 0.0800. The van der Waals surface area contributed by atoms with Gasteiger partial charge in [-0.15, -0.1) is 0 Å². The Bertz CT molecular complexity index is 1320. The van der Waals surface area contributed by atoms with Crippen molar-refractivity contribution in [2.75, 3.05) is 22.6 Å². The fourth-order valence-corrected chi connectivity index (χ4v) is 3.82. The molecule has 0 radical (unpaired) electrons. The number of nitrogens with one attached hydrogen (secondary N) is 2. The second-order valence-corrected chi connectivity index (χ2v) is 8.74. The topological polar surface area (TPSA) is 87.7 Å². The number of benzene rings is 3. The number of amides is 3. The Morgan fingerprint density at radius 2 is 1.65 bits per heavy atom. The molecule has 3 amide bonds. The number of rotatable bonds is 6. The first-order valence-corrected chi connectivity index (χ1v) is 11.3. The molecule has 0 saturated carbocycles. The van der Waals surface area contributed by atoms with Gasteiger partial charge in [0.2, 0.25) is 0 Å². The van der Waals surface area contributed by atoms with Gasteiger partial charge < -0.3 is 15.4 Å². The molecule has 3 aromatic rings. The summed E-state index contributed by atoms with van der Waals surface area (Å²) in [6.45, 7) is 1.82. The van der Waals surface area contributed by atoms with E-state index in [1.54, 1.807) is 54.6 Å². The van der Waals surface area contributed by atoms with Gasteiger partial charge in [-0.25, -0.2) is 4.90 Å². The number of hydrogen-bond donors (Lipinski definition) is 2. The van der Waals surface area contributed by atoms with Crippen LogP contribution in [0.4, 0.5) is 17.1 Å². The van der Waals surface area contributed by atoms with Crippen LogP contribution in [0.3, 0.4) is 0 Å². The lowest BCUT2D eigenvalue weighted by Gasteiger charge is -2.16. The van der Waals surface area contributed by atoms with Crippen molar-refractivity contribution in [3.05, 3.63) is 93.1 Å². The van der Waals surface area contributed by atoms with Crippen molar-refractivity contribution in [1.29, 1.82) is 0 Å². The van der Waals surface area contributed by atoms with Crippen molar-refractivity contribution in [2.24, 2.45) is 0 Å². The van der Waals surface area contributed by atoms with E-state index in [-0.39, 0.29) is 16.6 Å². The number of nitrogens with zero attached hydrogens (tertiary/aromatic N) is 1. The van der Waals surface area contributed by atoms with E-state index < -0.39 is 11.8 Å². The summed E-state index contributed by atoms with van der Waals surface area (Å²) in [5, 5.41) is 5.54. The zero-order chi connectivity index (χ0) is 24.4. The molecule has 0 spiro atoms. The van der Waals surface area contributed by atoms with Crippen molar-refractivity contribution in [2.45, 2.75) is 6.92 Å². The molecule has 2 N–H and O–H groups in total. The molecular weight excluding hydrogens is 522 g/mol. The smallest absolute Gasteiger partial charge is 0.283 e. The SMILES string of the molecule is COc1ccc(N2C(=O)C(Cl)=C(Nc3cc(C(=O)Nc4ccc(Br)cc4)ccc3C)C2=O)cc1. The maximum atomic E-state index is 13.1. The Kier molecular flexibility index (Phi) is 6.72. The van der Waals surface area contributed by atoms with Gasteiger partial charge in [0.25, 0.3) is 17.7 Å². The Morgan fingerprint density at radius 3 is 2.29 bits per heavy atom. The normalized spacial score (nSPS) is 13.4. The van der Waals surface area contributed by atoms with Crippen molar-refractivity contribution in [1.82, 2.24) is 0 Å². The zero-order valence-electron chi connectivity index (χ0n) is 18.2. The summed E-state index contributed by atoms with van der Waals surface area (Å²) < 4.78 is 6.02. The van der Waals surface area contributed by atoms with Gasteiger partial charge in [-0.05, 0) is 73.2 Å². The van der Waals surface area contributed by atoms with Gasteiger partial charge >= 0.3 is 0 Å². The van der Waals surface area contributed by atoms with Crippen LogP contribution in [-0.4, -0.2) is 24.8 Å². The van der Waals surface area contributed by atoms with Crippen LogP contribution in [0.25, 0.3) is 0 Å². The summed E-state index contributed by atoms with van der Waals surface area (Å²) in [6, 6.07) is 18.7. The third-order valence-corrected chi connectivity index (χ3v) is 6.10. The number of aryl methyl sites for hydroxylation is 1. The monoisotopic (exact) mass is 539 g/mol. The van der Waals surface area contributed by atoms with E-state index in [9.17, 15) is 14.4 Å². The van der Waals surface area contributed by atoms with E-state index in [0.717, 1.165) is 14.9 Å². The molecule has 0 unspecified atom stereocenters. The molecule has 9 heteroatoms. The highest BCUT2D eigenvalue weighted by molar-refractivity contribution is 9.10. The molecule has 7 nitrogen and oxygen atoms in total. The lowest BCUT2D eigenvalue weighted by Crippen LogP contribution is -2.32. The molecule has 0 fully saturated rings. The molecule has 3 aromatic carbocycles. The predicted molar refractivity (Wildman–Crippen MR) is 135 cm³/mol. The molecule has 0 bridgehead atoms. The van der Waals surface area contributed by atoms with E-state index in [4.69, 9.17) is 16.3 Å². The van der Waals surface area contributed by atoms with Crippen LogP contribution in [0.2, 0.25) is 0 Å². The molecule has 1 aliphatic heterocycles. The van der Waals surface area contributed by atoms with E-state index in [0.29, 0.717) is 28.4 Å². The molecule has 4 rings (SSSR count). The van der Waals surface area contributed by atoms with E-state index >= 15 is 0 Å². The number of carbonyl (C=O) groups excluding carboxylic acids is 3. The molecule has 172 valence electrons. The van der Waals surface area contributed by atoms with E-state index in [1.165, 1.54) is 7.11 Å². The number of ether oxygens (including phenoxy) is 1. The summed E-state index contributed by atoms with van der Waals surface area (Å²) in [4.78, 5) is 39.5. The van der Waals surface area contributed by atoms with Crippen LogP contribution >= 0.6 is 27.5 Å². The number of anilines is 3. The lowest BCUT2D eigenvalue weighted by molar-refractivity contribution is -0.120. The van der Waals surface area contributed by atoms with Gasteiger partial charge in [0, 0.05) is 21.4 Å². The lowest BCUT2D eigenvalue weighted by atomic mass is 10.1. The van der Waals surface area contributed by atoms with Gasteiger partial charge in [0.05, 0.1) is 12.8 Å². The van der Waals surface area contributed by atoms with E-state index in [2.05, 4.69) is 26.6 Å². The number of carbonyl (C=O) groups is 3. The standard InChI is InChI=1S/C25H19BrClN3O4/c1-14-3-4-15(23(31)28-17-7-5-16(26)6-8-17)13-20(14)29-22-21(27)24(32)30(25(22)33)18-9-11-19(34-2)12-10-18/h3-13,29H,1-2H3,(H,28,31). The third kappa shape index (κ3) is 4.69. The Balaban J connectivity index is 1.56. The Labute approximate surface area is 209 Å². The maximum absolute atomic E-state index is 13.1. The maximum Gasteiger partial charge on any atom is 0.283 e. The minimum absolute atomic E-state index is 0.0592. The first-order valence-electron chi connectivity index (χ1n) is 10.2. The third-order valence-electron chi connectivity index (χ3n) is 5.22. The molecular formula is C25H19BrClN3O4. The fourth-order valence-electron chi connectivity index (χ4n) is 3.35. The average Bonchev–Trinajstić information content (AvgIpc) is 3.05. The highest BCUT2D eigenvalue weighted by Gasteiger charge is 2.39. The summed E-state index contributed by atoms with van der Waals surface area (Å²) in [7, 11) is 1.53. The van der Waals surface area contributed by atoms with Crippen molar-refractivity contribution in [3.8, 4) is 5.75 Å². The zero-order valence-corrected chi connectivity index (χ0v) is 20.5. The predicted octanol–water partition coefficient (Wildman–Crippen LogP) is 5.45. The largest absolute Gasteiger partial charge is 0.497 e. The van der Waals surface area contributed by atoms with Gasteiger partial charge in [-0.3, -0.25) is 14.4 Å². The van der Waals surface area contributed by atoms with Crippen LogP contribution in [0.5, 0.6) is 5.75 Å². The van der Waals surface area contributed by atoms with Crippen molar-refractivity contribution in [3.63, 3.8) is 0 Å². The highest BCUT2D eigenvalue weighted by Crippen LogP contribution is 2.32. The second-order valence-electron chi connectivity index (χ2n) is 7.45. The molecule has 0 saturated heterocycles. The molecule has 0 aliphatic carbocycles. The van der Waals surface area contributed by atoms with E-state index in [1.807, 2.05) is 19.1 Å². The molecule has 1 aliphatic rings. The molecule has 0 aromatic heterocycles. The van der Waals surface area contributed by atoms with Gasteiger partial charge in [-0.1, -0.05) is 33.6 Å². The first-order chi connectivity index (χ1) is 16.3. The van der Waals surface area contributed by atoms with Gasteiger partial charge in [0.15, 0.2) is 0 Å². The highest BCUT2D eigenvalue weighted by atomic mass is 79.9. The number of hydrogen-bond acceptors (Lipinski definition) is 5. The average molecular weight is 541 g/mol. The van der Waals surface area contributed by atoms with Crippen LogP contribution in [0.1, 0.15) is 15.9 Å². The van der Waals surface area contributed by atoms with Crippen LogP contribution in [0.15, 0.2) is 81.9 Å². The Morgan fingerprint density at radius 1 is 0.971 bits per heavy atom. The van der Waals surface area contributed by atoms with Crippen LogP contribution in [-0.2, 0) is 9.59 Å². The summed E-state index contributed by atoms with van der Waals surface area (Å²) >= 11 is 9.61. The van der Waals surface area contributed by atoms with Gasteiger partial charge in [-0.2, -0.15) is 0 Å². The van der Waals surface area contributed by atoms with Crippen molar-refractivity contribution >= 4 is 62.3 Å². The summed E-state index contributed by atoms with van der Waals surface area (Å²) in [5.74, 6) is -0.960. The minimum atomic E-state index is -0.638. The van der Waals surface area contributed by atoms with Gasteiger partial charge in [0.1, 0.15) is 16.5 Å². The Hall–Kier alpha value is -3.62. The molecule has 0 atom stereocenters. The quantitative estimate of drug-likeness (QED) is 0.406. The summed E-state index contributed by atoms with van der Waals surface area (Å²) in [5.41, 5.74) is 2.56. The molecule has 1 heterocycles. The number of imide groups is 1. The van der Waals surface area contributed by atoms with Crippen LogP contribution in [0, 0.1) is 6.92 Å². The minimum Gasteiger partial charge on any atom is -0.497 e. The summed E-state index contributed by atoms with van der Waals surface area (Å²) in [6.07, 6.45) is 0. The number of halogens is 2. The van der Waals surface area contributed by atoms with Crippen molar-refractivity contribution < 1.29 is 19.1 Å². The number of methoxy groups -OCH3 is 1. The molecule has 34 heavy (non-hydrogen) atoms. The van der Waals surface area contributed by atoms with Crippen LogP contribution < -0.4 is 20.3 Å². The second kappa shape index (κ2) is 9.70.